The first-order valence-corrected chi connectivity index (χ1v) is 11.2. The zero-order valence-electron chi connectivity index (χ0n) is 17.2. The van der Waals surface area contributed by atoms with Crippen molar-refractivity contribution in [3.8, 4) is 11.5 Å². The summed E-state index contributed by atoms with van der Waals surface area (Å²) in [5, 5.41) is 2.87. The lowest BCUT2D eigenvalue weighted by Crippen LogP contribution is -2.37. The Hall–Kier alpha value is -2.74. The van der Waals surface area contributed by atoms with Gasteiger partial charge in [-0.2, -0.15) is 0 Å². The van der Waals surface area contributed by atoms with Gasteiger partial charge in [0.15, 0.2) is 6.10 Å². The average Bonchev–Trinajstić information content (AvgIpc) is 2.70. The van der Waals surface area contributed by atoms with Crippen molar-refractivity contribution in [2.24, 2.45) is 0 Å². The summed E-state index contributed by atoms with van der Waals surface area (Å²) in [4.78, 5) is 12.2. The number of anilines is 1. The summed E-state index contributed by atoms with van der Waals surface area (Å²) in [6.07, 6.45) is 2.05. The third kappa shape index (κ3) is 6.67. The minimum atomic E-state index is -3.32. The number of hydrogen-bond donors (Lipinski definition) is 1. The van der Waals surface area contributed by atoms with Gasteiger partial charge < -0.3 is 14.8 Å². The van der Waals surface area contributed by atoms with Crippen LogP contribution in [-0.4, -0.2) is 47.4 Å². The first-order valence-electron chi connectivity index (χ1n) is 9.32. The van der Waals surface area contributed by atoms with Crippen molar-refractivity contribution in [1.29, 1.82) is 0 Å². The van der Waals surface area contributed by atoms with Crippen LogP contribution in [0.3, 0.4) is 0 Å². The van der Waals surface area contributed by atoms with E-state index < -0.39 is 16.1 Å². The van der Waals surface area contributed by atoms with Gasteiger partial charge in [0.05, 0.1) is 19.1 Å². The van der Waals surface area contributed by atoms with Crippen LogP contribution < -0.4 is 19.1 Å². The monoisotopic (exact) mass is 420 g/mol. The first kappa shape index (κ1) is 22.5. The number of benzene rings is 2. The Balaban J connectivity index is 1.80. The minimum absolute atomic E-state index is 0.206. The molecule has 0 radical (unpaired) electrons. The number of aryl methyl sites for hydroxylation is 1. The second-order valence-electron chi connectivity index (χ2n) is 6.69. The number of rotatable bonds is 10. The van der Waals surface area contributed by atoms with E-state index >= 15 is 0 Å². The summed E-state index contributed by atoms with van der Waals surface area (Å²) in [5.41, 5.74) is 1.63. The van der Waals surface area contributed by atoms with E-state index in [0.29, 0.717) is 18.0 Å². The van der Waals surface area contributed by atoms with E-state index in [2.05, 4.69) is 5.32 Å². The summed E-state index contributed by atoms with van der Waals surface area (Å²) in [5.74, 6) is 1.13. The van der Waals surface area contributed by atoms with E-state index in [0.717, 1.165) is 30.4 Å². The van der Waals surface area contributed by atoms with Crippen molar-refractivity contribution < 1.29 is 22.7 Å². The van der Waals surface area contributed by atoms with Crippen LogP contribution in [-0.2, 0) is 21.2 Å². The summed E-state index contributed by atoms with van der Waals surface area (Å²) in [7, 11) is -0.199. The number of carbonyl (C=O) groups is 1. The number of hydrogen-bond acceptors (Lipinski definition) is 5. The fourth-order valence-corrected chi connectivity index (χ4v) is 3.23. The largest absolute Gasteiger partial charge is 0.496 e. The van der Waals surface area contributed by atoms with Crippen LogP contribution in [0.1, 0.15) is 18.9 Å². The molecule has 0 aliphatic rings. The van der Waals surface area contributed by atoms with Gasteiger partial charge in [-0.1, -0.05) is 18.2 Å². The third-order valence-electron chi connectivity index (χ3n) is 4.49. The quantitative estimate of drug-likeness (QED) is 0.597. The summed E-state index contributed by atoms with van der Waals surface area (Å²) >= 11 is 0. The van der Waals surface area contributed by atoms with Crippen LogP contribution in [0.15, 0.2) is 48.5 Å². The second-order valence-corrected chi connectivity index (χ2v) is 8.70. The van der Waals surface area contributed by atoms with Crippen molar-refractivity contribution >= 4 is 21.6 Å². The lowest BCUT2D eigenvalue weighted by Gasteiger charge is -2.18. The van der Waals surface area contributed by atoms with Crippen LogP contribution in [0.4, 0.5) is 5.69 Å². The van der Waals surface area contributed by atoms with Gasteiger partial charge in [0, 0.05) is 13.6 Å². The minimum Gasteiger partial charge on any atom is -0.496 e. The molecule has 1 N–H and O–H groups in total. The number of nitrogens with zero attached hydrogens (tertiary/aromatic N) is 1. The number of para-hydroxylation sites is 1. The summed E-state index contributed by atoms with van der Waals surface area (Å²) in [6.45, 7) is 2.20. The van der Waals surface area contributed by atoms with Gasteiger partial charge in [0.25, 0.3) is 5.91 Å². The highest BCUT2D eigenvalue weighted by atomic mass is 32.2. The summed E-state index contributed by atoms with van der Waals surface area (Å²) in [6, 6.07) is 14.4. The SMILES string of the molecule is COc1ccccc1CCCNC(=O)C(C)Oc1ccc(N(C)S(C)(=O)=O)cc1. The molecule has 1 amide bonds. The molecule has 0 saturated carbocycles. The molecule has 29 heavy (non-hydrogen) atoms. The van der Waals surface area contributed by atoms with E-state index in [1.54, 1.807) is 38.3 Å². The van der Waals surface area contributed by atoms with Gasteiger partial charge in [0.1, 0.15) is 11.5 Å². The molecule has 0 saturated heterocycles. The molecular weight excluding hydrogens is 392 g/mol. The van der Waals surface area contributed by atoms with Crippen LogP contribution in [0.2, 0.25) is 0 Å². The van der Waals surface area contributed by atoms with Crippen LogP contribution in [0.25, 0.3) is 0 Å². The van der Waals surface area contributed by atoms with E-state index in [1.807, 2.05) is 24.3 Å². The van der Waals surface area contributed by atoms with Gasteiger partial charge >= 0.3 is 0 Å². The number of nitrogens with one attached hydrogen (secondary N) is 1. The van der Waals surface area contributed by atoms with Crippen molar-refractivity contribution in [3.63, 3.8) is 0 Å². The zero-order chi connectivity index (χ0) is 21.4. The molecule has 0 aromatic heterocycles. The van der Waals surface area contributed by atoms with E-state index in [4.69, 9.17) is 9.47 Å². The van der Waals surface area contributed by atoms with Crippen LogP contribution >= 0.6 is 0 Å². The molecule has 0 bridgehead atoms. The van der Waals surface area contributed by atoms with E-state index in [-0.39, 0.29) is 5.91 Å². The maximum absolute atomic E-state index is 12.2. The number of methoxy groups -OCH3 is 1. The molecule has 0 heterocycles. The normalized spacial score (nSPS) is 12.1. The van der Waals surface area contributed by atoms with Gasteiger partial charge in [-0.3, -0.25) is 9.10 Å². The lowest BCUT2D eigenvalue weighted by atomic mass is 10.1. The van der Waals surface area contributed by atoms with Gasteiger partial charge in [-0.05, 0) is 55.7 Å². The number of carbonyl (C=O) groups excluding carboxylic acids is 1. The topological polar surface area (TPSA) is 84.9 Å². The molecule has 1 unspecified atom stereocenters. The highest BCUT2D eigenvalue weighted by molar-refractivity contribution is 7.92. The van der Waals surface area contributed by atoms with Gasteiger partial charge in [-0.25, -0.2) is 8.42 Å². The Morgan fingerprint density at radius 2 is 1.79 bits per heavy atom. The molecule has 0 spiro atoms. The van der Waals surface area contributed by atoms with Crippen molar-refractivity contribution in [3.05, 3.63) is 54.1 Å². The maximum Gasteiger partial charge on any atom is 0.260 e. The third-order valence-corrected chi connectivity index (χ3v) is 5.70. The average molecular weight is 421 g/mol. The molecule has 7 nitrogen and oxygen atoms in total. The molecule has 1 atom stereocenters. The fourth-order valence-electron chi connectivity index (χ4n) is 2.73. The standard InChI is InChI=1S/C21H28N2O5S/c1-16(28-19-13-11-18(12-14-19)23(2)29(4,25)26)21(24)22-15-7-9-17-8-5-6-10-20(17)27-3/h5-6,8,10-14,16H,7,9,15H2,1-4H3,(H,22,24). The predicted molar refractivity (Wildman–Crippen MR) is 114 cm³/mol. The Labute approximate surface area is 172 Å². The Bertz CT molecular complexity index is 913. The van der Waals surface area contributed by atoms with Crippen molar-refractivity contribution in [2.75, 3.05) is 31.3 Å². The van der Waals surface area contributed by atoms with Crippen molar-refractivity contribution in [2.45, 2.75) is 25.9 Å². The number of amides is 1. The van der Waals surface area contributed by atoms with Gasteiger partial charge in [0.2, 0.25) is 10.0 Å². The molecule has 2 aromatic carbocycles. The first-order chi connectivity index (χ1) is 13.7. The highest BCUT2D eigenvalue weighted by Crippen LogP contribution is 2.21. The Morgan fingerprint density at radius 3 is 2.41 bits per heavy atom. The zero-order valence-corrected chi connectivity index (χ0v) is 18.0. The van der Waals surface area contributed by atoms with Gasteiger partial charge in [-0.15, -0.1) is 0 Å². The number of ether oxygens (including phenoxy) is 2. The van der Waals surface area contributed by atoms with Crippen LogP contribution in [0.5, 0.6) is 11.5 Å². The molecule has 2 aromatic rings. The Morgan fingerprint density at radius 1 is 1.14 bits per heavy atom. The van der Waals surface area contributed by atoms with Crippen LogP contribution in [0, 0.1) is 0 Å². The summed E-state index contributed by atoms with van der Waals surface area (Å²) < 4.78 is 35.3. The number of sulfonamides is 1. The maximum atomic E-state index is 12.2. The van der Waals surface area contributed by atoms with E-state index in [9.17, 15) is 13.2 Å². The van der Waals surface area contributed by atoms with Crippen molar-refractivity contribution in [1.82, 2.24) is 5.32 Å². The molecule has 2 rings (SSSR count). The second kappa shape index (κ2) is 10.2. The molecule has 0 aliphatic heterocycles. The highest BCUT2D eigenvalue weighted by Gasteiger charge is 2.15. The predicted octanol–water partition coefficient (Wildman–Crippen LogP) is 2.61. The lowest BCUT2D eigenvalue weighted by molar-refractivity contribution is -0.127. The molecule has 158 valence electrons. The van der Waals surface area contributed by atoms with E-state index in [1.165, 1.54) is 11.4 Å². The molecular formula is C21H28N2O5S. The molecule has 0 fully saturated rings. The fraction of sp³-hybridized carbons (Fsp3) is 0.381. The molecule has 0 aliphatic carbocycles. The smallest absolute Gasteiger partial charge is 0.260 e. The Kier molecular flexibility index (Phi) is 7.90. The molecule has 8 heteroatoms.